The maximum Gasteiger partial charge on any atom is 0.316 e. The monoisotopic (exact) mass is 201 g/mol. The lowest BCUT2D eigenvalue weighted by Crippen LogP contribution is -2.03. The molecule has 0 saturated carbocycles. The third-order valence-electron chi connectivity index (χ3n) is 1.59. The molecular formula is C9H6ClF2N. The first-order chi connectivity index (χ1) is 6.15. The van der Waals surface area contributed by atoms with Crippen molar-refractivity contribution in [2.24, 2.45) is 0 Å². The van der Waals surface area contributed by atoms with Crippen molar-refractivity contribution in [3.63, 3.8) is 0 Å². The Hall–Kier alpha value is -1.14. The van der Waals surface area contributed by atoms with Crippen molar-refractivity contribution in [3.8, 4) is 0 Å². The highest BCUT2D eigenvalue weighted by atomic mass is 35.5. The standard InChI is InChI=1S/C9H6ClF2N/c1-13-8(9(11)12)6-2-4-7(10)5-3-6/h2-5,8-9H. The minimum atomic E-state index is -2.65. The molecule has 1 unspecified atom stereocenters. The molecule has 0 heterocycles. The minimum absolute atomic E-state index is 0.300. The van der Waals surface area contributed by atoms with Crippen LogP contribution in [0.2, 0.25) is 5.02 Å². The highest BCUT2D eigenvalue weighted by Gasteiger charge is 2.27. The second kappa shape index (κ2) is 4.20. The van der Waals surface area contributed by atoms with E-state index in [0.29, 0.717) is 10.6 Å². The second-order valence-corrected chi connectivity index (χ2v) is 2.90. The van der Waals surface area contributed by atoms with Crippen LogP contribution in [-0.2, 0) is 0 Å². The number of alkyl halides is 2. The molecule has 0 bridgehead atoms. The molecule has 0 radical (unpaired) electrons. The van der Waals surface area contributed by atoms with Crippen molar-refractivity contribution in [1.82, 2.24) is 0 Å². The lowest BCUT2D eigenvalue weighted by molar-refractivity contribution is 0.130. The second-order valence-electron chi connectivity index (χ2n) is 2.46. The van der Waals surface area contributed by atoms with Crippen molar-refractivity contribution in [1.29, 1.82) is 0 Å². The Morgan fingerprint density at radius 2 is 1.77 bits per heavy atom. The number of hydrogen-bond donors (Lipinski definition) is 0. The first-order valence-electron chi connectivity index (χ1n) is 3.55. The Labute approximate surface area is 79.8 Å². The van der Waals surface area contributed by atoms with Crippen LogP contribution in [-0.4, -0.2) is 6.43 Å². The average molecular weight is 202 g/mol. The maximum absolute atomic E-state index is 12.2. The van der Waals surface area contributed by atoms with E-state index in [9.17, 15) is 8.78 Å². The fourth-order valence-corrected chi connectivity index (χ4v) is 1.06. The Morgan fingerprint density at radius 1 is 1.23 bits per heavy atom. The highest BCUT2D eigenvalue weighted by molar-refractivity contribution is 6.30. The van der Waals surface area contributed by atoms with Gasteiger partial charge in [-0.1, -0.05) is 11.6 Å². The molecular weight excluding hydrogens is 196 g/mol. The molecule has 1 atom stereocenters. The van der Waals surface area contributed by atoms with Crippen LogP contribution in [0, 0.1) is 6.57 Å². The molecule has 0 aliphatic rings. The van der Waals surface area contributed by atoms with Crippen molar-refractivity contribution >= 4 is 11.6 Å². The summed E-state index contributed by atoms with van der Waals surface area (Å²) in [5, 5.41) is 0.474. The molecule has 1 rings (SSSR count). The summed E-state index contributed by atoms with van der Waals surface area (Å²) in [6, 6.07) is 4.50. The van der Waals surface area contributed by atoms with Crippen LogP contribution < -0.4 is 0 Å². The van der Waals surface area contributed by atoms with E-state index >= 15 is 0 Å². The van der Waals surface area contributed by atoms with Crippen LogP contribution in [0.5, 0.6) is 0 Å². The van der Waals surface area contributed by atoms with Gasteiger partial charge in [-0.15, -0.1) is 0 Å². The predicted octanol–water partition coefficient (Wildman–Crippen LogP) is 3.57. The zero-order chi connectivity index (χ0) is 9.84. The molecule has 0 spiro atoms. The smallest absolute Gasteiger partial charge is 0.302 e. The molecule has 1 nitrogen and oxygen atoms in total. The molecule has 0 aromatic heterocycles. The minimum Gasteiger partial charge on any atom is -0.302 e. The summed E-state index contributed by atoms with van der Waals surface area (Å²) >= 11 is 5.57. The van der Waals surface area contributed by atoms with Gasteiger partial charge < -0.3 is 4.85 Å². The Bertz CT molecular complexity index is 315. The summed E-state index contributed by atoms with van der Waals surface area (Å²) in [7, 11) is 0. The molecule has 0 saturated heterocycles. The molecule has 0 aliphatic carbocycles. The summed E-state index contributed by atoms with van der Waals surface area (Å²) in [5.74, 6) is 0. The summed E-state index contributed by atoms with van der Waals surface area (Å²) in [4.78, 5) is 2.84. The zero-order valence-corrected chi connectivity index (χ0v) is 7.30. The van der Waals surface area contributed by atoms with Gasteiger partial charge in [0.2, 0.25) is 0 Å². The molecule has 4 heteroatoms. The van der Waals surface area contributed by atoms with E-state index in [1.165, 1.54) is 24.3 Å². The van der Waals surface area contributed by atoms with Crippen LogP contribution in [0.4, 0.5) is 8.78 Å². The molecule has 13 heavy (non-hydrogen) atoms. The summed E-state index contributed by atoms with van der Waals surface area (Å²) in [5.41, 5.74) is 0.300. The number of benzene rings is 1. The largest absolute Gasteiger partial charge is 0.316 e. The van der Waals surface area contributed by atoms with E-state index in [2.05, 4.69) is 4.85 Å². The van der Waals surface area contributed by atoms with E-state index in [4.69, 9.17) is 18.2 Å². The van der Waals surface area contributed by atoms with Gasteiger partial charge >= 0.3 is 12.5 Å². The van der Waals surface area contributed by atoms with E-state index < -0.39 is 12.5 Å². The van der Waals surface area contributed by atoms with Crippen molar-refractivity contribution in [2.45, 2.75) is 12.5 Å². The van der Waals surface area contributed by atoms with Gasteiger partial charge in [0.05, 0.1) is 0 Å². The third-order valence-corrected chi connectivity index (χ3v) is 1.84. The average Bonchev–Trinajstić information content (AvgIpc) is 2.09. The quantitative estimate of drug-likeness (QED) is 0.645. The molecule has 68 valence electrons. The first kappa shape index (κ1) is 9.94. The molecule has 0 N–H and O–H groups in total. The van der Waals surface area contributed by atoms with Crippen LogP contribution in [0.25, 0.3) is 4.85 Å². The van der Waals surface area contributed by atoms with Crippen molar-refractivity contribution in [3.05, 3.63) is 46.3 Å². The number of rotatable bonds is 2. The van der Waals surface area contributed by atoms with E-state index in [-0.39, 0.29) is 0 Å². The summed E-state index contributed by atoms with van der Waals surface area (Å²) in [6.07, 6.45) is -2.65. The number of nitrogens with zero attached hydrogens (tertiary/aromatic N) is 1. The van der Waals surface area contributed by atoms with Crippen molar-refractivity contribution in [2.75, 3.05) is 0 Å². The van der Waals surface area contributed by atoms with Crippen molar-refractivity contribution < 1.29 is 8.78 Å². The third kappa shape index (κ3) is 2.40. The maximum atomic E-state index is 12.2. The van der Waals surface area contributed by atoms with Gasteiger partial charge in [-0.2, -0.15) is 0 Å². The topological polar surface area (TPSA) is 4.36 Å². The molecule has 0 aliphatic heterocycles. The van der Waals surface area contributed by atoms with Gasteiger partial charge in [-0.3, -0.25) is 0 Å². The fraction of sp³-hybridized carbons (Fsp3) is 0.222. The molecule has 1 aromatic rings. The van der Waals surface area contributed by atoms with Gasteiger partial charge in [-0.05, 0) is 24.3 Å². The zero-order valence-electron chi connectivity index (χ0n) is 6.55. The fourth-order valence-electron chi connectivity index (χ4n) is 0.936. The Kier molecular flexibility index (Phi) is 3.21. The summed E-state index contributed by atoms with van der Waals surface area (Å²) in [6.45, 7) is 6.59. The normalized spacial score (nSPS) is 12.5. The predicted molar refractivity (Wildman–Crippen MR) is 46.8 cm³/mol. The van der Waals surface area contributed by atoms with Gasteiger partial charge in [0.1, 0.15) is 0 Å². The van der Waals surface area contributed by atoms with Gasteiger partial charge in [-0.25, -0.2) is 15.4 Å². The SMILES string of the molecule is [C-]#[N+]C(c1ccc(Cl)cc1)C(F)F. The lowest BCUT2D eigenvalue weighted by atomic mass is 10.1. The molecule has 0 amide bonds. The van der Waals surface area contributed by atoms with Gasteiger partial charge in [0.25, 0.3) is 0 Å². The molecule has 1 aromatic carbocycles. The highest BCUT2D eigenvalue weighted by Crippen LogP contribution is 2.25. The lowest BCUT2D eigenvalue weighted by Gasteiger charge is -2.03. The molecule has 0 fully saturated rings. The Balaban J connectivity index is 2.94. The van der Waals surface area contributed by atoms with Crippen LogP contribution in [0.3, 0.4) is 0 Å². The van der Waals surface area contributed by atoms with Crippen LogP contribution in [0.1, 0.15) is 11.6 Å². The van der Waals surface area contributed by atoms with Gasteiger partial charge in [0.15, 0.2) is 0 Å². The van der Waals surface area contributed by atoms with E-state index in [1.807, 2.05) is 0 Å². The summed E-state index contributed by atoms with van der Waals surface area (Å²) < 4.78 is 24.5. The van der Waals surface area contributed by atoms with Gasteiger partial charge in [0, 0.05) is 10.6 Å². The first-order valence-corrected chi connectivity index (χ1v) is 3.93. The van der Waals surface area contributed by atoms with Crippen LogP contribution >= 0.6 is 11.6 Å². The van der Waals surface area contributed by atoms with Crippen LogP contribution in [0.15, 0.2) is 24.3 Å². The Morgan fingerprint density at radius 3 is 2.15 bits per heavy atom. The van der Waals surface area contributed by atoms with E-state index in [0.717, 1.165) is 0 Å². The number of halogens is 3. The van der Waals surface area contributed by atoms with E-state index in [1.54, 1.807) is 0 Å². The number of hydrogen-bond acceptors (Lipinski definition) is 0.